The van der Waals surface area contributed by atoms with Crippen molar-refractivity contribution in [1.82, 2.24) is 30.9 Å². The Hall–Kier alpha value is -1.73. The number of rotatable bonds is 3. The lowest BCUT2D eigenvalue weighted by Crippen LogP contribution is -2.23. The van der Waals surface area contributed by atoms with E-state index in [1.807, 2.05) is 0 Å². The van der Waals surface area contributed by atoms with Crippen molar-refractivity contribution in [2.75, 3.05) is 0 Å². The number of H-pyrrole nitrogens is 1. The van der Waals surface area contributed by atoms with Gasteiger partial charge in [-0.05, 0) is 6.07 Å². The summed E-state index contributed by atoms with van der Waals surface area (Å²) in [6.07, 6.45) is 1.31. The predicted molar refractivity (Wildman–Crippen MR) is 59.6 cm³/mol. The third kappa shape index (κ3) is 2.89. The molecule has 0 saturated heterocycles. The van der Waals surface area contributed by atoms with Crippen molar-refractivity contribution >= 4 is 29.1 Å². The number of nitrogens with one attached hydrogen (secondary N) is 2. The number of carbonyl (C=O) groups is 1. The molecule has 0 aliphatic heterocycles. The Morgan fingerprint density at radius 1 is 1.47 bits per heavy atom. The number of aromatic amines is 1. The molecule has 2 aromatic rings. The van der Waals surface area contributed by atoms with Crippen LogP contribution in [0, 0.1) is 0 Å². The number of amides is 1. The van der Waals surface area contributed by atoms with Gasteiger partial charge < -0.3 is 5.32 Å². The van der Waals surface area contributed by atoms with Crippen LogP contribution in [0.25, 0.3) is 0 Å². The molecule has 0 saturated carbocycles. The van der Waals surface area contributed by atoms with Crippen LogP contribution in [0.1, 0.15) is 16.2 Å². The Bertz CT molecular complexity index is 529. The fraction of sp³-hybridized carbons (Fsp3) is 0.125. The number of carbonyl (C=O) groups excluding carboxylic acids is 1. The van der Waals surface area contributed by atoms with Crippen molar-refractivity contribution in [2.24, 2.45) is 0 Å². The summed E-state index contributed by atoms with van der Waals surface area (Å²) in [5, 5.41) is 16.0. The minimum atomic E-state index is -0.385. The number of tetrazole rings is 1. The van der Waals surface area contributed by atoms with E-state index in [0.29, 0.717) is 5.82 Å². The van der Waals surface area contributed by atoms with Crippen LogP contribution in [0.15, 0.2) is 12.3 Å². The Morgan fingerprint density at radius 3 is 3.00 bits per heavy atom. The van der Waals surface area contributed by atoms with Crippen molar-refractivity contribution in [2.45, 2.75) is 6.54 Å². The summed E-state index contributed by atoms with van der Waals surface area (Å²) in [6, 6.07) is 1.38. The first kappa shape index (κ1) is 11.7. The maximum atomic E-state index is 11.7. The minimum Gasteiger partial charge on any atom is -0.345 e. The van der Waals surface area contributed by atoms with E-state index in [1.54, 1.807) is 0 Å². The van der Waals surface area contributed by atoms with Crippen LogP contribution >= 0.6 is 23.2 Å². The van der Waals surface area contributed by atoms with E-state index < -0.39 is 0 Å². The van der Waals surface area contributed by atoms with Crippen LogP contribution in [0.5, 0.6) is 0 Å². The molecule has 0 atom stereocenters. The fourth-order valence-corrected chi connectivity index (χ4v) is 1.45. The van der Waals surface area contributed by atoms with Crippen molar-refractivity contribution < 1.29 is 4.79 Å². The third-order valence-electron chi connectivity index (χ3n) is 1.86. The third-order valence-corrected chi connectivity index (χ3v) is 2.37. The number of halogens is 2. The van der Waals surface area contributed by atoms with Gasteiger partial charge >= 0.3 is 0 Å². The largest absolute Gasteiger partial charge is 0.345 e. The number of pyridine rings is 1. The summed E-state index contributed by atoms with van der Waals surface area (Å²) in [7, 11) is 0. The molecular formula is C8H6Cl2N6O. The van der Waals surface area contributed by atoms with Crippen molar-refractivity contribution in [3.05, 3.63) is 33.8 Å². The zero-order chi connectivity index (χ0) is 12.3. The van der Waals surface area contributed by atoms with E-state index in [2.05, 4.69) is 30.9 Å². The Morgan fingerprint density at radius 2 is 2.29 bits per heavy atom. The highest BCUT2D eigenvalue weighted by Gasteiger charge is 2.12. The number of hydrogen-bond acceptors (Lipinski definition) is 5. The van der Waals surface area contributed by atoms with Gasteiger partial charge in [0.1, 0.15) is 5.15 Å². The summed E-state index contributed by atoms with van der Waals surface area (Å²) in [5.74, 6) is -0.0151. The first-order chi connectivity index (χ1) is 8.16. The molecule has 17 heavy (non-hydrogen) atoms. The monoisotopic (exact) mass is 272 g/mol. The van der Waals surface area contributed by atoms with Gasteiger partial charge in [-0.25, -0.2) is 4.98 Å². The van der Waals surface area contributed by atoms with Gasteiger partial charge in [0.05, 0.1) is 17.1 Å². The Kier molecular flexibility index (Phi) is 3.50. The van der Waals surface area contributed by atoms with Gasteiger partial charge in [0, 0.05) is 6.20 Å². The fourth-order valence-electron chi connectivity index (χ4n) is 1.10. The lowest BCUT2D eigenvalue weighted by molar-refractivity contribution is 0.0950. The topological polar surface area (TPSA) is 96.5 Å². The normalized spacial score (nSPS) is 10.2. The maximum absolute atomic E-state index is 11.7. The van der Waals surface area contributed by atoms with Crippen LogP contribution in [-0.4, -0.2) is 31.5 Å². The van der Waals surface area contributed by atoms with E-state index in [9.17, 15) is 4.79 Å². The first-order valence-corrected chi connectivity index (χ1v) is 5.24. The van der Waals surface area contributed by atoms with E-state index in [1.165, 1.54) is 12.3 Å². The van der Waals surface area contributed by atoms with E-state index in [0.717, 1.165) is 0 Å². The number of aromatic nitrogens is 5. The molecule has 0 spiro atoms. The predicted octanol–water partition coefficient (Wildman–Crippen LogP) is 0.831. The molecule has 0 bridgehead atoms. The average Bonchev–Trinajstić information content (AvgIpc) is 2.82. The molecule has 0 aliphatic rings. The molecule has 88 valence electrons. The standard InChI is InChI=1S/C8H6Cl2N6O/c9-5-2-11-6(10)1-4(5)8(17)12-3-7-13-15-16-14-7/h1-2H,3H2,(H,12,17)(H,13,14,15,16). The quantitative estimate of drug-likeness (QED) is 0.807. The minimum absolute atomic E-state index is 0.144. The molecule has 1 amide bonds. The molecule has 7 nitrogen and oxygen atoms in total. The van der Waals surface area contributed by atoms with Gasteiger partial charge in [-0.3, -0.25) is 4.79 Å². The van der Waals surface area contributed by atoms with Crippen LogP contribution in [0.2, 0.25) is 10.2 Å². The molecule has 2 N–H and O–H groups in total. The SMILES string of the molecule is O=C(NCc1nn[nH]n1)c1cc(Cl)ncc1Cl. The summed E-state index contributed by atoms with van der Waals surface area (Å²) in [4.78, 5) is 15.5. The van der Waals surface area contributed by atoms with Crippen LogP contribution < -0.4 is 5.32 Å². The van der Waals surface area contributed by atoms with Crippen molar-refractivity contribution in [1.29, 1.82) is 0 Å². The average molecular weight is 273 g/mol. The van der Waals surface area contributed by atoms with Crippen molar-refractivity contribution in [3.8, 4) is 0 Å². The van der Waals surface area contributed by atoms with Gasteiger partial charge in [-0.15, -0.1) is 10.2 Å². The van der Waals surface area contributed by atoms with E-state index in [-0.39, 0.29) is 28.2 Å². The summed E-state index contributed by atoms with van der Waals surface area (Å²) >= 11 is 11.5. The second-order valence-electron chi connectivity index (χ2n) is 3.00. The molecule has 2 rings (SSSR count). The van der Waals surface area contributed by atoms with Gasteiger partial charge in [0.15, 0.2) is 5.82 Å². The lowest BCUT2D eigenvalue weighted by Gasteiger charge is -2.04. The van der Waals surface area contributed by atoms with Gasteiger partial charge in [-0.2, -0.15) is 5.21 Å². The summed E-state index contributed by atoms with van der Waals surface area (Å²) in [6.45, 7) is 0.144. The highest BCUT2D eigenvalue weighted by Crippen LogP contribution is 2.17. The number of hydrogen-bond donors (Lipinski definition) is 2. The first-order valence-electron chi connectivity index (χ1n) is 4.48. The lowest BCUT2D eigenvalue weighted by atomic mass is 10.2. The van der Waals surface area contributed by atoms with E-state index in [4.69, 9.17) is 23.2 Å². The molecule has 2 aromatic heterocycles. The van der Waals surface area contributed by atoms with Crippen LogP contribution in [0.3, 0.4) is 0 Å². The van der Waals surface area contributed by atoms with Gasteiger partial charge in [0.2, 0.25) is 0 Å². The smallest absolute Gasteiger partial charge is 0.253 e. The van der Waals surface area contributed by atoms with Gasteiger partial charge in [0.25, 0.3) is 5.91 Å². The second-order valence-corrected chi connectivity index (χ2v) is 3.79. The van der Waals surface area contributed by atoms with Crippen LogP contribution in [0.4, 0.5) is 0 Å². The summed E-state index contributed by atoms with van der Waals surface area (Å²) in [5.41, 5.74) is 0.246. The maximum Gasteiger partial charge on any atom is 0.253 e. The second kappa shape index (κ2) is 5.07. The molecular weight excluding hydrogens is 267 g/mol. The molecule has 0 aromatic carbocycles. The molecule has 9 heteroatoms. The van der Waals surface area contributed by atoms with Gasteiger partial charge in [-0.1, -0.05) is 28.4 Å². The Labute approximate surface area is 106 Å². The van der Waals surface area contributed by atoms with Crippen LogP contribution in [-0.2, 0) is 6.54 Å². The zero-order valence-electron chi connectivity index (χ0n) is 8.31. The summed E-state index contributed by atoms with van der Waals surface area (Å²) < 4.78 is 0. The number of nitrogens with zero attached hydrogens (tertiary/aromatic N) is 4. The van der Waals surface area contributed by atoms with Crippen molar-refractivity contribution in [3.63, 3.8) is 0 Å². The Balaban J connectivity index is 2.07. The molecule has 0 aliphatic carbocycles. The molecule has 0 unspecified atom stereocenters. The zero-order valence-corrected chi connectivity index (χ0v) is 9.83. The molecule has 0 fully saturated rings. The van der Waals surface area contributed by atoms with E-state index >= 15 is 0 Å². The highest BCUT2D eigenvalue weighted by molar-refractivity contribution is 6.35. The molecule has 2 heterocycles. The molecule has 0 radical (unpaired) electrons. The highest BCUT2D eigenvalue weighted by atomic mass is 35.5.